The van der Waals surface area contributed by atoms with E-state index >= 15 is 0 Å². The lowest BCUT2D eigenvalue weighted by Gasteiger charge is -2.07. The molecular formula is C22H15ClN2O2. The number of ketones is 1. The predicted octanol–water partition coefficient (Wildman–Crippen LogP) is 5.30. The number of carbonyl (C=O) groups excluding carboxylic acids is 2. The van der Waals surface area contributed by atoms with E-state index in [1.54, 1.807) is 36.4 Å². The van der Waals surface area contributed by atoms with E-state index in [1.807, 2.05) is 42.5 Å². The monoisotopic (exact) mass is 374 g/mol. The number of benzene rings is 3. The van der Waals surface area contributed by atoms with Gasteiger partial charge in [0.25, 0.3) is 5.91 Å². The average molecular weight is 375 g/mol. The molecule has 4 nitrogen and oxygen atoms in total. The highest BCUT2D eigenvalue weighted by Gasteiger charge is 2.17. The van der Waals surface area contributed by atoms with Crippen LogP contribution in [0.1, 0.15) is 26.4 Å². The molecule has 0 spiro atoms. The molecule has 1 aromatic heterocycles. The summed E-state index contributed by atoms with van der Waals surface area (Å²) in [6.07, 6.45) is 0. The van der Waals surface area contributed by atoms with Gasteiger partial charge in [0.2, 0.25) is 0 Å². The Labute approximate surface area is 160 Å². The molecule has 0 aliphatic heterocycles. The molecule has 3 aromatic carbocycles. The molecule has 0 aliphatic carbocycles. The van der Waals surface area contributed by atoms with Crippen molar-refractivity contribution in [2.75, 3.05) is 5.32 Å². The number of aromatic amines is 1. The highest BCUT2D eigenvalue weighted by atomic mass is 35.5. The van der Waals surface area contributed by atoms with Crippen LogP contribution in [0.2, 0.25) is 5.02 Å². The van der Waals surface area contributed by atoms with Gasteiger partial charge in [0.15, 0.2) is 5.78 Å². The van der Waals surface area contributed by atoms with Gasteiger partial charge < -0.3 is 10.3 Å². The van der Waals surface area contributed by atoms with E-state index in [9.17, 15) is 9.59 Å². The number of carbonyl (C=O) groups is 2. The van der Waals surface area contributed by atoms with Gasteiger partial charge in [-0.2, -0.15) is 0 Å². The smallest absolute Gasteiger partial charge is 0.273 e. The predicted molar refractivity (Wildman–Crippen MR) is 108 cm³/mol. The molecule has 0 atom stereocenters. The highest BCUT2D eigenvalue weighted by Crippen LogP contribution is 2.28. The van der Waals surface area contributed by atoms with Crippen molar-refractivity contribution >= 4 is 39.9 Å². The number of fused-ring (bicyclic) bond motifs is 1. The third-order valence-electron chi connectivity index (χ3n) is 4.29. The van der Waals surface area contributed by atoms with Gasteiger partial charge in [0.1, 0.15) is 5.69 Å². The van der Waals surface area contributed by atoms with E-state index < -0.39 is 0 Å². The quantitative estimate of drug-likeness (QED) is 0.476. The van der Waals surface area contributed by atoms with E-state index in [2.05, 4.69) is 10.3 Å². The van der Waals surface area contributed by atoms with Crippen LogP contribution in [-0.2, 0) is 0 Å². The Morgan fingerprint density at radius 1 is 0.815 bits per heavy atom. The second kappa shape index (κ2) is 7.09. The molecule has 0 saturated carbocycles. The van der Waals surface area contributed by atoms with E-state index in [0.29, 0.717) is 21.8 Å². The Morgan fingerprint density at radius 3 is 2.30 bits per heavy atom. The summed E-state index contributed by atoms with van der Waals surface area (Å²) in [6.45, 7) is 0. The number of hydrogen-bond donors (Lipinski definition) is 2. The van der Waals surface area contributed by atoms with Crippen molar-refractivity contribution in [2.24, 2.45) is 0 Å². The molecular weight excluding hydrogens is 360 g/mol. The lowest BCUT2D eigenvalue weighted by molar-refractivity contribution is 0.101. The zero-order valence-corrected chi connectivity index (χ0v) is 15.0. The molecule has 0 bridgehead atoms. The summed E-state index contributed by atoms with van der Waals surface area (Å²) >= 11 is 6.33. The summed E-state index contributed by atoms with van der Waals surface area (Å²) in [5.41, 5.74) is 2.70. The van der Waals surface area contributed by atoms with Gasteiger partial charge in [0.05, 0.1) is 5.02 Å². The zero-order chi connectivity index (χ0) is 18.8. The van der Waals surface area contributed by atoms with Crippen LogP contribution < -0.4 is 5.32 Å². The summed E-state index contributed by atoms with van der Waals surface area (Å²) in [5.74, 6) is -0.462. The number of nitrogens with one attached hydrogen (secondary N) is 2. The average Bonchev–Trinajstić information content (AvgIpc) is 3.05. The molecule has 132 valence electrons. The van der Waals surface area contributed by atoms with E-state index in [4.69, 9.17) is 11.6 Å². The standard InChI is InChI=1S/C22H15ClN2O2/c23-19-17-11-4-5-12-18(17)25-20(19)22(27)24-16-10-6-9-15(13-16)21(26)14-7-2-1-3-8-14/h1-13,25H,(H,24,27). The first-order valence-corrected chi connectivity index (χ1v) is 8.78. The maximum Gasteiger partial charge on any atom is 0.273 e. The van der Waals surface area contributed by atoms with Crippen LogP contribution in [0.3, 0.4) is 0 Å². The fourth-order valence-corrected chi connectivity index (χ4v) is 3.25. The Balaban J connectivity index is 1.60. The number of aromatic nitrogens is 1. The SMILES string of the molecule is O=C(c1ccccc1)c1cccc(NC(=O)c2[nH]c3ccccc3c2Cl)c1. The number of amides is 1. The number of rotatable bonds is 4. The van der Waals surface area contributed by atoms with Crippen LogP contribution in [0.5, 0.6) is 0 Å². The maximum absolute atomic E-state index is 12.6. The van der Waals surface area contributed by atoms with Gasteiger partial charge in [-0.1, -0.05) is 72.3 Å². The number of anilines is 1. The number of halogens is 1. The Kier molecular flexibility index (Phi) is 4.48. The van der Waals surface area contributed by atoms with Crippen LogP contribution in [0.4, 0.5) is 5.69 Å². The lowest BCUT2D eigenvalue weighted by atomic mass is 10.0. The van der Waals surface area contributed by atoms with Crippen LogP contribution in [0, 0.1) is 0 Å². The summed E-state index contributed by atoms with van der Waals surface area (Å²) in [4.78, 5) is 28.3. The second-order valence-electron chi connectivity index (χ2n) is 6.09. The fraction of sp³-hybridized carbons (Fsp3) is 0. The minimum Gasteiger partial charge on any atom is -0.349 e. The van der Waals surface area contributed by atoms with Crippen LogP contribution in [-0.4, -0.2) is 16.7 Å². The van der Waals surface area contributed by atoms with E-state index in [1.165, 1.54) is 0 Å². The summed E-state index contributed by atoms with van der Waals surface area (Å²) < 4.78 is 0. The lowest BCUT2D eigenvalue weighted by Crippen LogP contribution is -2.13. The number of para-hydroxylation sites is 1. The van der Waals surface area contributed by atoms with Crippen molar-refractivity contribution in [3.63, 3.8) is 0 Å². The summed E-state index contributed by atoms with van der Waals surface area (Å²) in [5, 5.41) is 3.96. The first-order chi connectivity index (χ1) is 13.1. The minimum atomic E-state index is -0.361. The molecule has 27 heavy (non-hydrogen) atoms. The molecule has 0 fully saturated rings. The van der Waals surface area contributed by atoms with Crippen molar-refractivity contribution in [3.05, 3.63) is 101 Å². The number of H-pyrrole nitrogens is 1. The third-order valence-corrected chi connectivity index (χ3v) is 4.68. The largest absolute Gasteiger partial charge is 0.349 e. The van der Waals surface area contributed by atoms with Crippen LogP contribution >= 0.6 is 11.6 Å². The Morgan fingerprint density at radius 2 is 1.52 bits per heavy atom. The molecule has 4 rings (SSSR count). The highest BCUT2D eigenvalue weighted by molar-refractivity contribution is 6.39. The van der Waals surface area contributed by atoms with Gasteiger partial charge in [-0.05, 0) is 18.2 Å². The fourth-order valence-electron chi connectivity index (χ4n) is 2.95. The molecule has 4 aromatic rings. The van der Waals surface area contributed by atoms with Gasteiger partial charge in [-0.15, -0.1) is 0 Å². The molecule has 1 amide bonds. The van der Waals surface area contributed by atoms with Crippen molar-refractivity contribution in [1.82, 2.24) is 4.98 Å². The van der Waals surface area contributed by atoms with Gasteiger partial charge in [-0.3, -0.25) is 9.59 Å². The summed E-state index contributed by atoms with van der Waals surface area (Å²) in [6, 6.07) is 23.3. The normalized spacial score (nSPS) is 10.7. The van der Waals surface area contributed by atoms with E-state index in [-0.39, 0.29) is 17.4 Å². The van der Waals surface area contributed by atoms with Crippen molar-refractivity contribution < 1.29 is 9.59 Å². The van der Waals surface area contributed by atoms with Crippen LogP contribution in [0.15, 0.2) is 78.9 Å². The molecule has 2 N–H and O–H groups in total. The zero-order valence-electron chi connectivity index (χ0n) is 14.2. The molecule has 0 saturated heterocycles. The first-order valence-electron chi connectivity index (χ1n) is 8.41. The first kappa shape index (κ1) is 17.1. The van der Waals surface area contributed by atoms with Crippen molar-refractivity contribution in [1.29, 1.82) is 0 Å². The Bertz CT molecular complexity index is 1150. The van der Waals surface area contributed by atoms with Crippen LogP contribution in [0.25, 0.3) is 10.9 Å². The molecule has 0 radical (unpaired) electrons. The van der Waals surface area contributed by atoms with Gasteiger partial charge in [-0.25, -0.2) is 0 Å². The molecule has 0 unspecified atom stereocenters. The molecule has 1 heterocycles. The summed E-state index contributed by atoms with van der Waals surface area (Å²) in [7, 11) is 0. The maximum atomic E-state index is 12.6. The molecule has 5 heteroatoms. The minimum absolute atomic E-state index is 0.102. The third kappa shape index (κ3) is 3.35. The number of hydrogen-bond acceptors (Lipinski definition) is 2. The second-order valence-corrected chi connectivity index (χ2v) is 6.47. The topological polar surface area (TPSA) is 62.0 Å². The Hall–Kier alpha value is -3.37. The van der Waals surface area contributed by atoms with Crippen molar-refractivity contribution in [3.8, 4) is 0 Å². The van der Waals surface area contributed by atoms with E-state index in [0.717, 1.165) is 10.9 Å². The van der Waals surface area contributed by atoms with Gasteiger partial charge in [0, 0.05) is 27.7 Å². The van der Waals surface area contributed by atoms with Gasteiger partial charge >= 0.3 is 0 Å². The molecule has 0 aliphatic rings. The van der Waals surface area contributed by atoms with Crippen molar-refractivity contribution in [2.45, 2.75) is 0 Å².